The number of carbonyl (C=O) groups is 1. The minimum Gasteiger partial charge on any atom is -0.379 e. The second-order valence-electron chi connectivity index (χ2n) is 6.70. The highest BCUT2D eigenvalue weighted by atomic mass is 16.6. The molecular weight excluding hydrogens is 242 g/mol. The quantitative estimate of drug-likeness (QED) is 0.897. The molecular formula is C14H19N3O2. The van der Waals surface area contributed by atoms with Gasteiger partial charge in [0.2, 0.25) is 0 Å². The highest BCUT2D eigenvalue weighted by Gasteiger charge is 2.50. The minimum absolute atomic E-state index is 0.240. The second kappa shape index (κ2) is 4.05. The summed E-state index contributed by atoms with van der Waals surface area (Å²) in [5, 5.41) is 7.28. The molecule has 0 amide bonds. The van der Waals surface area contributed by atoms with Crippen molar-refractivity contribution < 1.29 is 9.42 Å². The second-order valence-corrected chi connectivity index (χ2v) is 6.70. The molecule has 5 rings (SSSR count). The van der Waals surface area contributed by atoms with Gasteiger partial charge in [0.05, 0.1) is 6.42 Å². The van der Waals surface area contributed by atoms with Gasteiger partial charge in [-0.1, -0.05) is 5.16 Å². The van der Waals surface area contributed by atoms with E-state index >= 15 is 0 Å². The lowest BCUT2D eigenvalue weighted by molar-refractivity contribution is -0.135. The number of hydrogen-bond acceptors (Lipinski definition) is 5. The maximum Gasteiger partial charge on any atom is 0.191 e. The van der Waals surface area contributed by atoms with Gasteiger partial charge in [0.15, 0.2) is 5.82 Å². The predicted octanol–water partition coefficient (Wildman–Crippen LogP) is 1.84. The van der Waals surface area contributed by atoms with Crippen LogP contribution in [0.25, 0.3) is 0 Å². The fourth-order valence-electron chi connectivity index (χ4n) is 5.07. The van der Waals surface area contributed by atoms with Gasteiger partial charge in [0.25, 0.3) is 0 Å². The number of aromatic nitrogens is 2. The Hall–Kier alpha value is -1.39. The van der Waals surface area contributed by atoms with Gasteiger partial charge in [0, 0.05) is 5.92 Å². The Kier molecular flexibility index (Phi) is 2.44. The van der Waals surface area contributed by atoms with Crippen LogP contribution in [0.3, 0.4) is 0 Å². The first kappa shape index (κ1) is 11.4. The van der Waals surface area contributed by atoms with Crippen molar-refractivity contribution in [2.45, 2.75) is 38.5 Å². The molecule has 2 N–H and O–H groups in total. The number of nitrogens with zero attached hydrogens (tertiary/aromatic N) is 2. The Labute approximate surface area is 111 Å². The lowest BCUT2D eigenvalue weighted by Crippen LogP contribution is -2.48. The number of rotatable bonds is 3. The van der Waals surface area contributed by atoms with E-state index in [1.54, 1.807) is 0 Å². The Bertz CT molecular complexity index is 483. The van der Waals surface area contributed by atoms with Gasteiger partial charge in [-0.05, 0) is 60.9 Å². The number of Topliss-reactive ketones (excluding diaryl/α,β-unsaturated/α-hetero) is 1. The molecule has 1 aromatic heterocycles. The molecule has 19 heavy (non-hydrogen) atoms. The van der Waals surface area contributed by atoms with Crippen LogP contribution >= 0.6 is 0 Å². The molecule has 4 saturated carbocycles. The molecule has 4 bridgehead atoms. The summed E-state index contributed by atoms with van der Waals surface area (Å²) in [5.41, 5.74) is 6.16. The van der Waals surface area contributed by atoms with Gasteiger partial charge in [-0.2, -0.15) is 0 Å². The van der Waals surface area contributed by atoms with Crippen LogP contribution in [0.1, 0.15) is 37.8 Å². The normalized spacial score (nSPS) is 39.7. The van der Waals surface area contributed by atoms with Crippen molar-refractivity contribution in [1.29, 1.82) is 0 Å². The molecule has 4 fully saturated rings. The van der Waals surface area contributed by atoms with Crippen molar-refractivity contribution in [1.82, 2.24) is 10.3 Å². The number of anilines is 1. The van der Waals surface area contributed by atoms with E-state index in [0.717, 1.165) is 11.8 Å². The molecule has 0 unspecified atom stereocenters. The van der Waals surface area contributed by atoms with Crippen molar-refractivity contribution >= 4 is 11.6 Å². The van der Waals surface area contributed by atoms with Crippen molar-refractivity contribution in [3.8, 4) is 0 Å². The third-order valence-electron chi connectivity index (χ3n) is 5.53. The van der Waals surface area contributed by atoms with Crippen LogP contribution in [0.15, 0.2) is 4.63 Å². The van der Waals surface area contributed by atoms with E-state index in [4.69, 9.17) is 5.73 Å². The molecule has 102 valence electrons. The molecule has 1 heterocycles. The fraction of sp³-hybridized carbons (Fsp3) is 0.786. The molecule has 5 heteroatoms. The van der Waals surface area contributed by atoms with Crippen molar-refractivity contribution in [3.63, 3.8) is 0 Å². The molecule has 0 radical (unpaired) electrons. The van der Waals surface area contributed by atoms with Crippen LogP contribution in [-0.4, -0.2) is 16.1 Å². The van der Waals surface area contributed by atoms with E-state index in [0.29, 0.717) is 29.7 Å². The minimum atomic E-state index is 0.240. The van der Waals surface area contributed by atoms with Crippen LogP contribution in [0.4, 0.5) is 5.82 Å². The van der Waals surface area contributed by atoms with Crippen LogP contribution < -0.4 is 5.73 Å². The molecule has 5 nitrogen and oxygen atoms in total. The van der Waals surface area contributed by atoms with Gasteiger partial charge in [0.1, 0.15) is 11.5 Å². The van der Waals surface area contributed by atoms with Gasteiger partial charge in [-0.15, -0.1) is 0 Å². The standard InChI is InChI=1S/C14H19N3O2/c15-14-11(16-19-17-14)6-12(18)13-9-2-7-1-8(4-9)5-10(13)3-7/h7-10,13H,1-6H2,(H2,15,17). The van der Waals surface area contributed by atoms with Gasteiger partial charge < -0.3 is 5.73 Å². The third kappa shape index (κ3) is 1.78. The summed E-state index contributed by atoms with van der Waals surface area (Å²) in [5.74, 6) is 3.82. The van der Waals surface area contributed by atoms with E-state index in [2.05, 4.69) is 14.9 Å². The van der Waals surface area contributed by atoms with Crippen LogP contribution in [-0.2, 0) is 11.2 Å². The fourth-order valence-corrected chi connectivity index (χ4v) is 5.07. The lowest BCUT2D eigenvalue weighted by Gasteiger charge is -2.53. The highest BCUT2D eigenvalue weighted by molar-refractivity contribution is 5.84. The maximum absolute atomic E-state index is 12.6. The molecule has 0 aromatic carbocycles. The zero-order chi connectivity index (χ0) is 13.0. The van der Waals surface area contributed by atoms with Gasteiger partial charge in [-0.3, -0.25) is 4.79 Å². The zero-order valence-electron chi connectivity index (χ0n) is 10.9. The molecule has 4 aliphatic carbocycles. The van der Waals surface area contributed by atoms with Crippen molar-refractivity contribution in [3.05, 3.63) is 5.69 Å². The summed E-state index contributed by atoms with van der Waals surface area (Å²) in [7, 11) is 0. The van der Waals surface area contributed by atoms with Crippen molar-refractivity contribution in [2.24, 2.45) is 29.6 Å². The summed E-state index contributed by atoms with van der Waals surface area (Å²) in [4.78, 5) is 12.6. The first-order valence-corrected chi connectivity index (χ1v) is 7.30. The summed E-state index contributed by atoms with van der Waals surface area (Å²) in [6.07, 6.45) is 6.74. The SMILES string of the molecule is Nc1nonc1CC(=O)C1C2CC3CC(C2)CC1C3. The summed E-state index contributed by atoms with van der Waals surface area (Å²) in [6.45, 7) is 0. The largest absolute Gasteiger partial charge is 0.379 e. The van der Waals surface area contributed by atoms with E-state index < -0.39 is 0 Å². The lowest BCUT2D eigenvalue weighted by atomic mass is 9.51. The molecule has 0 spiro atoms. The van der Waals surface area contributed by atoms with E-state index in [-0.39, 0.29) is 11.7 Å². The smallest absolute Gasteiger partial charge is 0.191 e. The molecule has 1 aromatic rings. The monoisotopic (exact) mass is 261 g/mol. The molecule has 0 saturated heterocycles. The Morgan fingerprint density at radius 2 is 1.74 bits per heavy atom. The number of nitrogen functional groups attached to an aromatic ring is 1. The Balaban J connectivity index is 1.53. The number of hydrogen-bond donors (Lipinski definition) is 1. The first-order valence-electron chi connectivity index (χ1n) is 7.30. The first-order chi connectivity index (χ1) is 9.20. The van der Waals surface area contributed by atoms with E-state index in [9.17, 15) is 4.79 Å². The maximum atomic E-state index is 12.6. The van der Waals surface area contributed by atoms with E-state index in [1.807, 2.05) is 0 Å². The predicted molar refractivity (Wildman–Crippen MR) is 68.0 cm³/mol. The van der Waals surface area contributed by atoms with Crippen LogP contribution in [0, 0.1) is 29.6 Å². The summed E-state index contributed by atoms with van der Waals surface area (Å²) >= 11 is 0. The van der Waals surface area contributed by atoms with E-state index in [1.165, 1.54) is 32.1 Å². The highest BCUT2D eigenvalue weighted by Crippen LogP contribution is 2.56. The summed E-state index contributed by atoms with van der Waals surface area (Å²) < 4.78 is 4.57. The number of ketones is 1. The number of nitrogens with two attached hydrogens (primary N) is 1. The van der Waals surface area contributed by atoms with Gasteiger partial charge in [-0.25, -0.2) is 4.63 Å². The van der Waals surface area contributed by atoms with Crippen LogP contribution in [0.2, 0.25) is 0 Å². The number of carbonyl (C=O) groups excluding carboxylic acids is 1. The Morgan fingerprint density at radius 1 is 1.11 bits per heavy atom. The topological polar surface area (TPSA) is 82.0 Å². The molecule has 4 aliphatic rings. The average Bonchev–Trinajstić information content (AvgIpc) is 2.73. The van der Waals surface area contributed by atoms with Gasteiger partial charge >= 0.3 is 0 Å². The Morgan fingerprint density at radius 3 is 2.26 bits per heavy atom. The molecule has 0 atom stereocenters. The van der Waals surface area contributed by atoms with Crippen LogP contribution in [0.5, 0.6) is 0 Å². The summed E-state index contributed by atoms with van der Waals surface area (Å²) in [6, 6.07) is 0. The van der Waals surface area contributed by atoms with Crippen molar-refractivity contribution in [2.75, 3.05) is 5.73 Å². The average molecular weight is 261 g/mol. The third-order valence-corrected chi connectivity index (χ3v) is 5.53. The molecule has 0 aliphatic heterocycles. The zero-order valence-corrected chi connectivity index (χ0v) is 10.9.